The van der Waals surface area contributed by atoms with Crippen molar-refractivity contribution in [1.29, 1.82) is 0 Å². The van der Waals surface area contributed by atoms with Gasteiger partial charge in [-0.2, -0.15) is 10.2 Å². The normalized spacial score (nSPS) is 17.9. The van der Waals surface area contributed by atoms with Crippen LogP contribution in [0, 0.1) is 11.8 Å². The maximum Gasteiger partial charge on any atom is 0.302 e. The Hall–Kier alpha value is -5.59. The van der Waals surface area contributed by atoms with Crippen molar-refractivity contribution in [2.24, 2.45) is 32.0 Å². The summed E-state index contributed by atoms with van der Waals surface area (Å²) in [4.78, 5) is 90.9. The highest BCUT2D eigenvalue weighted by Gasteiger charge is 2.30. The smallest absolute Gasteiger partial charge is 0.302 e. The lowest BCUT2D eigenvalue weighted by molar-refractivity contribution is -0.142. The van der Waals surface area contributed by atoms with Gasteiger partial charge in [0.15, 0.2) is 34.6 Å². The minimum Gasteiger partial charge on any atom is -0.465 e. The molecule has 2 unspecified atom stereocenters. The van der Waals surface area contributed by atoms with Crippen molar-refractivity contribution in [2.45, 2.75) is 33.6 Å². The molecule has 0 spiro atoms. The van der Waals surface area contributed by atoms with Gasteiger partial charge in [0.25, 0.3) is 0 Å². The van der Waals surface area contributed by atoms with Crippen LogP contribution in [0.1, 0.15) is 44.7 Å². The number of aliphatic hydroxyl groups is 1. The second kappa shape index (κ2) is 19.9. The van der Waals surface area contributed by atoms with Gasteiger partial charge < -0.3 is 19.3 Å². The number of aliphatic hydroxyl groups excluding tert-OH is 1. The van der Waals surface area contributed by atoms with Gasteiger partial charge in [-0.15, -0.1) is 0 Å². The maximum atomic E-state index is 12.2. The molecule has 320 valence electrons. The molecule has 0 aliphatic carbocycles. The highest BCUT2D eigenvalue weighted by Crippen LogP contribution is 2.37. The van der Waals surface area contributed by atoms with Gasteiger partial charge in [-0.1, -0.05) is 60.3 Å². The lowest BCUT2D eigenvalue weighted by Crippen LogP contribution is -2.35. The Balaban J connectivity index is 0.000000232. The van der Waals surface area contributed by atoms with Gasteiger partial charge in [0.05, 0.1) is 39.5 Å². The molecular formula is C40H36Cl4N6O11. The number of amides is 2. The zero-order valence-corrected chi connectivity index (χ0v) is 36.1. The fourth-order valence-corrected chi connectivity index (χ4v) is 6.95. The molecule has 0 saturated heterocycles. The molecule has 2 aromatic carbocycles. The molecule has 1 N–H and O–H groups in total. The summed E-state index contributed by atoms with van der Waals surface area (Å²) in [6, 6.07) is 5.81. The van der Waals surface area contributed by atoms with Gasteiger partial charge in [-0.3, -0.25) is 33.6 Å². The fraction of sp³-hybridized carbons (Fsp3) is 0.325. The van der Waals surface area contributed by atoms with E-state index in [-0.39, 0.29) is 117 Å². The Morgan fingerprint density at radius 1 is 0.672 bits per heavy atom. The highest BCUT2D eigenvalue weighted by molar-refractivity contribution is 6.51. The minimum atomic E-state index is -0.446. The molecule has 21 heteroatoms. The molecule has 4 heterocycles. The molecule has 6 rings (SSSR count). The number of ether oxygens (including phenoxy) is 3. The van der Waals surface area contributed by atoms with Crippen LogP contribution in [-0.4, -0.2) is 120 Å². The topological polar surface area (TPSA) is 223 Å². The Morgan fingerprint density at radius 3 is 1.41 bits per heavy atom. The van der Waals surface area contributed by atoms with Gasteiger partial charge in [-0.25, -0.2) is 20.0 Å². The predicted octanol–water partition coefficient (Wildman–Crippen LogP) is 4.66. The summed E-state index contributed by atoms with van der Waals surface area (Å²) in [6.45, 7) is 4.36. The number of hydrogen-bond donors (Lipinski definition) is 1. The molecule has 0 fully saturated rings. The first-order valence-corrected chi connectivity index (χ1v) is 19.7. The lowest BCUT2D eigenvalue weighted by atomic mass is 9.96. The van der Waals surface area contributed by atoms with Crippen LogP contribution in [0.3, 0.4) is 0 Å². The second-order valence-corrected chi connectivity index (χ2v) is 15.4. The Morgan fingerprint density at radius 2 is 1.05 bits per heavy atom. The van der Waals surface area contributed by atoms with E-state index in [1.807, 2.05) is 0 Å². The number of esters is 1. The lowest BCUT2D eigenvalue weighted by Gasteiger charge is -2.20. The molecule has 0 radical (unpaired) electrons. The molecule has 17 nitrogen and oxygen atoms in total. The van der Waals surface area contributed by atoms with E-state index < -0.39 is 29.4 Å². The third-order valence-corrected chi connectivity index (χ3v) is 10.3. The molecule has 61 heavy (non-hydrogen) atoms. The Labute approximate surface area is 368 Å². The van der Waals surface area contributed by atoms with Crippen LogP contribution < -0.4 is 9.47 Å². The van der Waals surface area contributed by atoms with E-state index in [1.54, 1.807) is 13.8 Å². The van der Waals surface area contributed by atoms with E-state index >= 15 is 0 Å². The highest BCUT2D eigenvalue weighted by atomic mass is 35.5. The number of halogens is 4. The summed E-state index contributed by atoms with van der Waals surface area (Å²) in [5, 5.41) is 19.8. The van der Waals surface area contributed by atoms with Crippen molar-refractivity contribution in [1.82, 2.24) is 10.0 Å². The molecular weight excluding hydrogens is 882 g/mol. The van der Waals surface area contributed by atoms with Gasteiger partial charge in [0, 0.05) is 73.9 Å². The molecule has 4 aliphatic heterocycles. The number of carbonyl (C=O) groups is 7. The number of nitrogens with zero attached hydrogens (tertiary/aromatic N) is 6. The van der Waals surface area contributed by atoms with Crippen LogP contribution in [-0.2, 0) is 38.3 Å². The number of carbonyl (C=O) groups excluding carboxylic acids is 7. The first-order chi connectivity index (χ1) is 28.8. The number of dihydropyridines is 2. The van der Waals surface area contributed by atoms with E-state index in [9.17, 15) is 38.7 Å². The van der Waals surface area contributed by atoms with Crippen LogP contribution in [0.25, 0.3) is 0 Å². The fourth-order valence-electron chi connectivity index (χ4n) is 5.82. The Bertz CT molecular complexity index is 2390. The zero-order valence-electron chi connectivity index (χ0n) is 33.1. The molecule has 0 bridgehead atoms. The van der Waals surface area contributed by atoms with Crippen LogP contribution >= 0.6 is 46.4 Å². The summed E-state index contributed by atoms with van der Waals surface area (Å²) in [6.07, 6.45) is 2.31. The first-order valence-electron chi connectivity index (χ1n) is 18.2. The van der Waals surface area contributed by atoms with E-state index in [0.717, 1.165) is 10.0 Å². The number of rotatable bonds is 9. The molecule has 0 saturated carbocycles. The molecule has 2 amide bonds. The third kappa shape index (κ3) is 11.2. The Kier molecular flexibility index (Phi) is 15.1. The van der Waals surface area contributed by atoms with Crippen molar-refractivity contribution in [2.75, 3.05) is 40.4 Å². The number of hydrazone groups is 2. The van der Waals surface area contributed by atoms with Crippen LogP contribution in [0.5, 0.6) is 11.5 Å². The first kappa shape index (κ1) is 46.5. The average molecular weight is 919 g/mol. The predicted molar refractivity (Wildman–Crippen MR) is 225 cm³/mol. The van der Waals surface area contributed by atoms with Gasteiger partial charge in [0.2, 0.25) is 23.6 Å². The van der Waals surface area contributed by atoms with Gasteiger partial charge in [0.1, 0.15) is 24.5 Å². The van der Waals surface area contributed by atoms with Crippen molar-refractivity contribution in [3.8, 4) is 11.5 Å². The van der Waals surface area contributed by atoms with E-state index in [1.165, 1.54) is 57.4 Å². The van der Waals surface area contributed by atoms with E-state index in [4.69, 9.17) is 60.6 Å². The summed E-state index contributed by atoms with van der Waals surface area (Å²) in [5.41, 5.74) is 1.61. The summed E-state index contributed by atoms with van der Waals surface area (Å²) in [7, 11) is 2.90. The summed E-state index contributed by atoms with van der Waals surface area (Å²) < 4.78 is 16.4. The third-order valence-electron chi connectivity index (χ3n) is 9.16. The van der Waals surface area contributed by atoms with Crippen molar-refractivity contribution < 1.29 is 52.9 Å². The quantitative estimate of drug-likeness (QED) is 0.269. The molecule has 4 aliphatic rings. The second-order valence-electron chi connectivity index (χ2n) is 13.8. The molecule has 2 aromatic rings. The van der Waals surface area contributed by atoms with Gasteiger partial charge in [-0.05, 0) is 24.3 Å². The van der Waals surface area contributed by atoms with Crippen molar-refractivity contribution in [3.63, 3.8) is 0 Å². The minimum absolute atomic E-state index is 0.0451. The van der Waals surface area contributed by atoms with Crippen LogP contribution in [0.15, 0.2) is 67.8 Å². The van der Waals surface area contributed by atoms with Crippen molar-refractivity contribution >= 4 is 111 Å². The SMILES string of the molecule is CC(=O)OCC(C)C1=CC(Oc2c(Cl)cc(C3=NN(C)C(=O)CC3=O)cc2Cl)=NCC1=O.CC(CO)C1=CC(Oc2c(Cl)cc(C3=NN(C)C(=O)CC3=O)cc2Cl)=NCC1=O. The van der Waals surface area contributed by atoms with E-state index in [2.05, 4.69) is 20.2 Å². The monoisotopic (exact) mass is 916 g/mol. The summed E-state index contributed by atoms with van der Waals surface area (Å²) >= 11 is 25.3. The average Bonchev–Trinajstić information content (AvgIpc) is 3.20. The number of hydrogen-bond acceptors (Lipinski definition) is 15. The van der Waals surface area contributed by atoms with E-state index in [0.29, 0.717) is 22.3 Å². The maximum absolute atomic E-state index is 12.2. The number of aliphatic imine (C=N–C) groups is 2. The van der Waals surface area contributed by atoms with Crippen LogP contribution in [0.2, 0.25) is 20.1 Å². The standard InChI is InChI=1S/C21H19Cl2N3O6.C19H17Cl2N3O5/c1-10(9-31-11(2)27)13-6-18(24-8-17(13)29)32-21-14(22)4-12(5-15(21)23)20-16(28)7-19(30)26(3)25-20;1-9(8-25)11-5-16(22-7-15(11)27)29-19-12(20)3-10(4-13(19)21)18-14(26)6-17(28)24(2)23-18/h4-6,10H,7-9H2,1-3H3;3-5,9,25H,6-8H2,1-2H3. The molecule has 2 atom stereocenters. The zero-order chi connectivity index (χ0) is 44.9. The number of Topliss-reactive ketones (excluding diaryl/α,β-unsaturated/α-hetero) is 4. The number of ketones is 4. The summed E-state index contributed by atoms with van der Waals surface area (Å²) in [5.74, 6) is -2.83. The van der Waals surface area contributed by atoms with Crippen LogP contribution in [0.4, 0.5) is 0 Å². The largest absolute Gasteiger partial charge is 0.465 e. The van der Waals surface area contributed by atoms with Gasteiger partial charge >= 0.3 is 5.97 Å². The number of benzene rings is 2. The van der Waals surface area contributed by atoms with Crippen molar-refractivity contribution in [3.05, 3.63) is 78.8 Å². The molecule has 0 aromatic heterocycles.